The quantitative estimate of drug-likeness (QED) is 0.560. The first kappa shape index (κ1) is 18.3. The van der Waals surface area contributed by atoms with E-state index in [1.54, 1.807) is 12.1 Å². The van der Waals surface area contributed by atoms with Crippen LogP contribution >= 0.6 is 23.2 Å². The van der Waals surface area contributed by atoms with Gasteiger partial charge >= 0.3 is 0 Å². The minimum atomic E-state index is 0.173. The van der Waals surface area contributed by atoms with Crippen LogP contribution in [0.5, 0.6) is 0 Å². The highest BCUT2D eigenvalue weighted by molar-refractivity contribution is 6.38. The van der Waals surface area contributed by atoms with Crippen molar-refractivity contribution >= 4 is 40.2 Å². The zero-order chi connectivity index (χ0) is 19.0. The van der Waals surface area contributed by atoms with Gasteiger partial charge < -0.3 is 9.32 Å². The molecule has 3 aromatic rings. The summed E-state index contributed by atoms with van der Waals surface area (Å²) in [6.45, 7) is 2.98. The molecule has 27 heavy (non-hydrogen) atoms. The van der Waals surface area contributed by atoms with Crippen LogP contribution in [0.3, 0.4) is 0 Å². The Kier molecular flexibility index (Phi) is 5.11. The molecule has 1 amide bonds. The zero-order valence-corrected chi connectivity index (χ0v) is 16.6. The molecule has 1 saturated heterocycles. The Morgan fingerprint density at radius 1 is 1.26 bits per heavy atom. The van der Waals surface area contributed by atoms with Crippen LogP contribution in [0.1, 0.15) is 31.7 Å². The van der Waals surface area contributed by atoms with Crippen LogP contribution < -0.4 is 0 Å². The summed E-state index contributed by atoms with van der Waals surface area (Å²) in [5, 5.41) is 0.948. The van der Waals surface area contributed by atoms with Crippen LogP contribution in [-0.2, 0) is 11.2 Å². The van der Waals surface area contributed by atoms with Crippen molar-refractivity contribution in [2.75, 3.05) is 6.54 Å². The molecular formula is C21H20Cl2N2O2. The number of oxazole rings is 1. The van der Waals surface area contributed by atoms with Gasteiger partial charge in [-0.25, -0.2) is 4.98 Å². The molecule has 2 heterocycles. The summed E-state index contributed by atoms with van der Waals surface area (Å²) in [7, 11) is 0. The van der Waals surface area contributed by atoms with Crippen molar-refractivity contribution < 1.29 is 9.21 Å². The van der Waals surface area contributed by atoms with Crippen molar-refractivity contribution in [2.24, 2.45) is 0 Å². The third-order valence-corrected chi connectivity index (χ3v) is 5.56. The molecule has 1 aromatic heterocycles. The van der Waals surface area contributed by atoms with Crippen LogP contribution in [0.15, 0.2) is 40.8 Å². The second-order valence-electron chi connectivity index (χ2n) is 7.06. The van der Waals surface area contributed by atoms with E-state index in [0.717, 1.165) is 30.5 Å². The number of aromatic nitrogens is 1. The normalized spacial score (nSPS) is 17.4. The molecule has 1 fully saturated rings. The van der Waals surface area contributed by atoms with Crippen molar-refractivity contribution in [3.05, 3.63) is 52.0 Å². The predicted octanol–water partition coefficient (Wildman–Crippen LogP) is 5.75. The van der Waals surface area contributed by atoms with E-state index in [-0.39, 0.29) is 5.91 Å². The molecule has 2 aromatic carbocycles. The number of halogens is 2. The molecular weight excluding hydrogens is 383 g/mol. The molecule has 6 heteroatoms. The molecule has 4 nitrogen and oxygen atoms in total. The van der Waals surface area contributed by atoms with Gasteiger partial charge in [0.05, 0.1) is 11.4 Å². The lowest BCUT2D eigenvalue weighted by molar-refractivity contribution is -0.133. The first-order valence-corrected chi connectivity index (χ1v) is 9.91. The maximum absolute atomic E-state index is 12.7. The van der Waals surface area contributed by atoms with Gasteiger partial charge in [0.2, 0.25) is 11.8 Å². The van der Waals surface area contributed by atoms with Crippen molar-refractivity contribution in [1.82, 2.24) is 9.88 Å². The Balaban J connectivity index is 1.59. The fourth-order valence-corrected chi connectivity index (χ4v) is 4.16. The first-order chi connectivity index (χ1) is 13.0. The van der Waals surface area contributed by atoms with Gasteiger partial charge in [-0.2, -0.15) is 0 Å². The van der Waals surface area contributed by atoms with E-state index in [2.05, 4.69) is 11.9 Å². The summed E-state index contributed by atoms with van der Waals surface area (Å²) in [6.07, 6.45) is 3.75. The number of piperidine rings is 1. The van der Waals surface area contributed by atoms with Crippen molar-refractivity contribution in [3.63, 3.8) is 0 Å². The molecule has 0 spiro atoms. The van der Waals surface area contributed by atoms with Crippen LogP contribution in [0.4, 0.5) is 0 Å². The largest absolute Gasteiger partial charge is 0.435 e. The average Bonchev–Trinajstić information content (AvgIpc) is 3.06. The summed E-state index contributed by atoms with van der Waals surface area (Å²) in [4.78, 5) is 19.2. The van der Waals surface area contributed by atoms with Crippen LogP contribution in [0, 0.1) is 0 Å². The molecule has 0 unspecified atom stereocenters. The van der Waals surface area contributed by atoms with Crippen LogP contribution in [-0.4, -0.2) is 28.4 Å². The summed E-state index contributed by atoms with van der Waals surface area (Å²) >= 11 is 12.2. The summed E-state index contributed by atoms with van der Waals surface area (Å²) in [6, 6.07) is 11.4. The topological polar surface area (TPSA) is 46.3 Å². The molecule has 0 bridgehead atoms. The van der Waals surface area contributed by atoms with E-state index in [9.17, 15) is 4.79 Å². The maximum Gasteiger partial charge on any atom is 0.227 e. The van der Waals surface area contributed by atoms with E-state index >= 15 is 0 Å². The number of amides is 1. The molecule has 0 aliphatic carbocycles. The van der Waals surface area contributed by atoms with Crippen molar-refractivity contribution in [2.45, 2.75) is 38.6 Å². The van der Waals surface area contributed by atoms with E-state index in [0.29, 0.717) is 39.5 Å². The zero-order valence-electron chi connectivity index (χ0n) is 15.0. The standard InChI is InChI=1S/C21H20Cl2N2O2/c1-13-5-2-3-8-25(13)19(26)10-14-6-4-7-15(9-14)21-24-18-12-16(22)11-17(23)20(18)27-21/h4,6-7,9,11-13H,2-3,5,8,10H2,1H3/t13-/m1/s1. The highest BCUT2D eigenvalue weighted by Crippen LogP contribution is 2.32. The second-order valence-corrected chi connectivity index (χ2v) is 7.91. The highest BCUT2D eigenvalue weighted by atomic mass is 35.5. The number of benzene rings is 2. The third kappa shape index (κ3) is 3.83. The third-order valence-electron chi connectivity index (χ3n) is 5.06. The average molecular weight is 403 g/mol. The Hall–Kier alpha value is -2.04. The molecule has 0 N–H and O–H groups in total. The predicted molar refractivity (Wildman–Crippen MR) is 108 cm³/mol. The van der Waals surface area contributed by atoms with E-state index in [1.807, 2.05) is 29.2 Å². The summed E-state index contributed by atoms with van der Waals surface area (Å²) < 4.78 is 5.84. The van der Waals surface area contributed by atoms with Crippen LogP contribution in [0.25, 0.3) is 22.6 Å². The van der Waals surface area contributed by atoms with Gasteiger partial charge in [0, 0.05) is 23.2 Å². The highest BCUT2D eigenvalue weighted by Gasteiger charge is 2.23. The Bertz CT molecular complexity index is 999. The molecule has 4 rings (SSSR count). The fraction of sp³-hybridized carbons (Fsp3) is 0.333. The van der Waals surface area contributed by atoms with E-state index in [4.69, 9.17) is 27.6 Å². The van der Waals surface area contributed by atoms with E-state index in [1.165, 1.54) is 6.42 Å². The first-order valence-electron chi connectivity index (χ1n) is 9.15. The molecule has 1 atom stereocenters. The summed E-state index contributed by atoms with van der Waals surface area (Å²) in [5.74, 6) is 0.640. The molecule has 0 saturated carbocycles. The molecule has 0 radical (unpaired) electrons. The van der Waals surface area contributed by atoms with Gasteiger partial charge in [-0.15, -0.1) is 0 Å². The number of carbonyl (C=O) groups is 1. The van der Waals surface area contributed by atoms with Gasteiger partial charge in [0.15, 0.2) is 5.58 Å². The Morgan fingerprint density at radius 3 is 2.93 bits per heavy atom. The fourth-order valence-electron chi connectivity index (χ4n) is 3.64. The minimum absolute atomic E-state index is 0.173. The SMILES string of the molecule is C[C@@H]1CCCCN1C(=O)Cc1cccc(-c2nc3cc(Cl)cc(Cl)c3o2)c1. The second kappa shape index (κ2) is 7.53. The molecule has 1 aliphatic rings. The van der Waals surface area contributed by atoms with Crippen LogP contribution in [0.2, 0.25) is 10.0 Å². The lowest BCUT2D eigenvalue weighted by Crippen LogP contribution is -2.42. The number of fused-ring (bicyclic) bond motifs is 1. The Labute approximate surface area is 168 Å². The number of likely N-dealkylation sites (tertiary alicyclic amines) is 1. The van der Waals surface area contributed by atoms with Gasteiger partial charge in [-0.3, -0.25) is 4.79 Å². The maximum atomic E-state index is 12.7. The van der Waals surface area contributed by atoms with Gasteiger partial charge in [0.25, 0.3) is 0 Å². The summed E-state index contributed by atoms with van der Waals surface area (Å²) in [5.41, 5.74) is 2.89. The lowest BCUT2D eigenvalue weighted by Gasteiger charge is -2.33. The number of hydrogen-bond donors (Lipinski definition) is 0. The monoisotopic (exact) mass is 402 g/mol. The number of nitrogens with zero attached hydrogens (tertiary/aromatic N) is 2. The van der Waals surface area contributed by atoms with Crippen molar-refractivity contribution in [3.8, 4) is 11.5 Å². The smallest absolute Gasteiger partial charge is 0.227 e. The number of carbonyl (C=O) groups excluding carboxylic acids is 1. The Morgan fingerprint density at radius 2 is 2.11 bits per heavy atom. The minimum Gasteiger partial charge on any atom is -0.435 e. The van der Waals surface area contributed by atoms with Gasteiger partial charge in [-0.1, -0.05) is 35.3 Å². The van der Waals surface area contributed by atoms with E-state index < -0.39 is 0 Å². The lowest BCUT2D eigenvalue weighted by atomic mass is 10.0. The molecule has 140 valence electrons. The number of rotatable bonds is 3. The van der Waals surface area contributed by atoms with Gasteiger partial charge in [-0.05, 0) is 56.0 Å². The number of hydrogen-bond acceptors (Lipinski definition) is 3. The van der Waals surface area contributed by atoms with Crippen molar-refractivity contribution in [1.29, 1.82) is 0 Å². The van der Waals surface area contributed by atoms with Gasteiger partial charge in [0.1, 0.15) is 5.52 Å². The molecule has 1 aliphatic heterocycles.